The molecule has 6 fully saturated rings. The minimum Gasteiger partial charge on any atom is -0.394 e. The molecule has 19 N–H and O–H groups in total. The Morgan fingerprint density at radius 2 is 0.754 bits per heavy atom. The molecule has 6 heterocycles. The van der Waals surface area contributed by atoms with Crippen molar-refractivity contribution < 1.29 is 144 Å². The first-order chi connectivity index (χ1) is 32.8. The second-order valence-corrected chi connectivity index (χ2v) is 17.4. The molecule has 6 saturated heterocycles. The van der Waals surface area contributed by atoms with E-state index >= 15 is 0 Å². The Bertz CT molecular complexity index is 1580. The molecule has 0 saturated carbocycles. The van der Waals surface area contributed by atoms with Crippen molar-refractivity contribution in [2.75, 3.05) is 39.6 Å². The fourth-order valence-electron chi connectivity index (χ4n) is 8.77. The van der Waals surface area contributed by atoms with Gasteiger partial charge in [-0.15, -0.1) is 6.58 Å². The van der Waals surface area contributed by atoms with Gasteiger partial charge in [-0.05, 0) is 6.92 Å². The summed E-state index contributed by atoms with van der Waals surface area (Å²) < 4.78 is 68.0. The summed E-state index contributed by atoms with van der Waals surface area (Å²) in [4.78, 5) is 0. The van der Waals surface area contributed by atoms with Crippen molar-refractivity contribution in [1.29, 1.82) is 0 Å². The molecule has 30 heteroatoms. The van der Waals surface area contributed by atoms with Gasteiger partial charge in [0.2, 0.25) is 0 Å². The van der Waals surface area contributed by atoms with Crippen LogP contribution < -0.4 is 5.73 Å². The number of hydrogen-bond donors (Lipinski definition) is 18. The molecular weight excluding hydrogens is 946 g/mol. The molecule has 0 amide bonds. The van der Waals surface area contributed by atoms with Crippen LogP contribution in [0.25, 0.3) is 0 Å². The third kappa shape index (κ3) is 11.9. The second-order valence-electron chi connectivity index (χ2n) is 17.4. The minimum atomic E-state index is -2.15. The van der Waals surface area contributed by atoms with Crippen LogP contribution in [0.2, 0.25) is 0 Å². The third-order valence-electron chi connectivity index (χ3n) is 12.8. The van der Waals surface area contributed by atoms with Gasteiger partial charge >= 0.3 is 0 Å². The molecule has 0 radical (unpaired) electrons. The van der Waals surface area contributed by atoms with Gasteiger partial charge in [-0.1, -0.05) is 6.08 Å². The van der Waals surface area contributed by atoms with Gasteiger partial charge in [0.05, 0.1) is 51.8 Å². The van der Waals surface area contributed by atoms with E-state index in [0.717, 1.165) is 0 Å². The van der Waals surface area contributed by atoms with Crippen molar-refractivity contribution in [1.82, 2.24) is 0 Å². The predicted molar refractivity (Wildman–Crippen MR) is 214 cm³/mol. The summed E-state index contributed by atoms with van der Waals surface area (Å²) in [6.45, 7) is 0.102. The lowest BCUT2D eigenvalue weighted by atomic mass is 9.94. The Balaban J connectivity index is 1.17. The number of aliphatic hydroxyl groups is 17. The van der Waals surface area contributed by atoms with Gasteiger partial charge in [0, 0.05) is 0 Å². The summed E-state index contributed by atoms with van der Waals surface area (Å²) in [6, 6.07) is -1.73. The summed E-state index contributed by atoms with van der Waals surface area (Å²) >= 11 is 0. The Hall–Kier alpha value is -1.46. The molecule has 0 bridgehead atoms. The number of rotatable bonds is 18. The largest absolute Gasteiger partial charge is 0.394 e. The number of nitrogens with two attached hydrogens (primary N) is 1. The fourth-order valence-corrected chi connectivity index (χ4v) is 8.77. The van der Waals surface area contributed by atoms with Gasteiger partial charge in [0.1, 0.15) is 134 Å². The SMILES string of the molecule is C=CCO[C@@H]1OC(CO)[C@H](O[C@@H]2OC(CO)[C@H](O[C@@H]3OC(CO)[C@H](O)C(OC4OC(CO)[C@H](O)C(O[C@@H]5OC(CO)[C@H](O)C(O)C5O[C@@H]5OC(C)[C@H](O)C(O)C5O)C4N)C3O)C(O)C2O)C(O)C1O. The molecule has 30 nitrogen and oxygen atoms in total. The van der Waals surface area contributed by atoms with Crippen LogP contribution in [0.4, 0.5) is 0 Å². The van der Waals surface area contributed by atoms with Gasteiger partial charge in [-0.25, -0.2) is 0 Å². The predicted octanol–water partition coefficient (Wildman–Crippen LogP) is -11.9. The monoisotopic (exact) mass is 1010 g/mol. The van der Waals surface area contributed by atoms with Gasteiger partial charge in [0.25, 0.3) is 0 Å². The van der Waals surface area contributed by atoms with E-state index in [9.17, 15) is 86.8 Å². The normalized spacial score (nSPS) is 52.1. The summed E-state index contributed by atoms with van der Waals surface area (Å²) in [7, 11) is 0. The molecular formula is C39H67NO29. The third-order valence-corrected chi connectivity index (χ3v) is 12.8. The van der Waals surface area contributed by atoms with Crippen molar-refractivity contribution in [3.8, 4) is 0 Å². The average molecular weight is 1010 g/mol. The summed E-state index contributed by atoms with van der Waals surface area (Å²) in [5, 5.41) is 182. The van der Waals surface area contributed by atoms with E-state index < -0.39 is 217 Å². The molecule has 0 aliphatic carbocycles. The zero-order valence-electron chi connectivity index (χ0n) is 36.9. The van der Waals surface area contributed by atoms with Gasteiger partial charge in [0.15, 0.2) is 37.7 Å². The number of hydrogen-bond acceptors (Lipinski definition) is 30. The topological polar surface area (TPSA) is 481 Å². The molecule has 0 aromatic rings. The van der Waals surface area contributed by atoms with Crippen molar-refractivity contribution in [3.63, 3.8) is 0 Å². The van der Waals surface area contributed by atoms with E-state index in [-0.39, 0.29) is 6.61 Å². The molecule has 402 valence electrons. The van der Waals surface area contributed by atoms with Gasteiger partial charge in [-0.2, -0.15) is 0 Å². The van der Waals surface area contributed by atoms with Crippen molar-refractivity contribution in [3.05, 3.63) is 12.7 Å². The van der Waals surface area contributed by atoms with E-state index in [1.165, 1.54) is 13.0 Å². The van der Waals surface area contributed by atoms with Crippen molar-refractivity contribution >= 4 is 0 Å². The number of aliphatic hydroxyl groups excluding tert-OH is 17. The van der Waals surface area contributed by atoms with Crippen LogP contribution in [0.5, 0.6) is 0 Å². The van der Waals surface area contributed by atoms with E-state index in [4.69, 9.17) is 62.6 Å². The fraction of sp³-hybridized carbons (Fsp3) is 0.949. The van der Waals surface area contributed by atoms with Crippen LogP contribution in [0.1, 0.15) is 6.92 Å². The molecule has 30 atom stereocenters. The van der Waals surface area contributed by atoms with E-state index in [1.54, 1.807) is 0 Å². The first kappa shape index (κ1) is 56.8. The Labute approximate surface area is 392 Å². The molecule has 19 unspecified atom stereocenters. The van der Waals surface area contributed by atoms with E-state index in [1.807, 2.05) is 0 Å². The van der Waals surface area contributed by atoms with Crippen LogP contribution in [0.15, 0.2) is 12.7 Å². The summed E-state index contributed by atoms with van der Waals surface area (Å²) in [6.07, 6.45) is -50.5. The highest BCUT2D eigenvalue weighted by Gasteiger charge is 2.57. The first-order valence-electron chi connectivity index (χ1n) is 22.2. The molecule has 6 aliphatic heterocycles. The van der Waals surface area contributed by atoms with Gasteiger partial charge in [-0.3, -0.25) is 0 Å². The average Bonchev–Trinajstić information content (AvgIpc) is 3.34. The van der Waals surface area contributed by atoms with Crippen LogP contribution in [0, 0.1) is 0 Å². The first-order valence-corrected chi connectivity index (χ1v) is 22.2. The van der Waals surface area contributed by atoms with Crippen molar-refractivity contribution in [2.24, 2.45) is 5.73 Å². The van der Waals surface area contributed by atoms with E-state index in [0.29, 0.717) is 0 Å². The minimum absolute atomic E-state index is 0.101. The van der Waals surface area contributed by atoms with Crippen LogP contribution in [0.3, 0.4) is 0 Å². The quantitative estimate of drug-likeness (QED) is 0.0567. The highest BCUT2D eigenvalue weighted by Crippen LogP contribution is 2.37. The van der Waals surface area contributed by atoms with E-state index in [2.05, 4.69) is 6.58 Å². The standard InChI is InChI=1S/C39H67NO29/c1-3-4-58-35-26(55)23(52)29(14(8-44)63-35)65-37-27(56)24(53)30(15(9-45)64-37)66-38-28(57)32(20(49)13(7-43)61-38)68-34-16(40)31(19(48)12(6-42)60-34)67-39-33(22(51)18(47)11(5-41)62-39)69-36-25(54)21(50)17(46)10(2)59-36/h3,10-39,41-57H,1,4-9,40H2,2H3/t10?,11?,12?,13?,14?,15?,16?,17-,18-,19-,20-,21?,22?,23?,24?,25?,26?,27?,28?,29-,30-,31?,32?,33?,34?,35+,36-,37-,38-,39-/m0/s1. The maximum atomic E-state index is 11.6. The molecule has 6 aliphatic rings. The van der Waals surface area contributed by atoms with Crippen molar-refractivity contribution in [2.45, 2.75) is 191 Å². The van der Waals surface area contributed by atoms with Crippen LogP contribution in [-0.4, -0.2) is 311 Å². The molecule has 0 aromatic carbocycles. The van der Waals surface area contributed by atoms with Crippen LogP contribution >= 0.6 is 0 Å². The Morgan fingerprint density at radius 3 is 1.30 bits per heavy atom. The summed E-state index contributed by atoms with van der Waals surface area (Å²) in [5.41, 5.74) is 6.50. The molecule has 6 rings (SSSR count). The summed E-state index contributed by atoms with van der Waals surface area (Å²) in [5.74, 6) is 0. The lowest BCUT2D eigenvalue weighted by Crippen LogP contribution is -2.69. The lowest BCUT2D eigenvalue weighted by Gasteiger charge is -2.50. The zero-order chi connectivity index (χ0) is 50.8. The zero-order valence-corrected chi connectivity index (χ0v) is 36.9. The van der Waals surface area contributed by atoms with Crippen LogP contribution in [-0.2, 0) is 56.8 Å². The maximum absolute atomic E-state index is 11.6. The Morgan fingerprint density at radius 1 is 0.377 bits per heavy atom. The maximum Gasteiger partial charge on any atom is 0.187 e. The second kappa shape index (κ2) is 24.7. The smallest absolute Gasteiger partial charge is 0.187 e. The molecule has 0 spiro atoms. The number of ether oxygens (including phenoxy) is 12. The highest BCUT2D eigenvalue weighted by atomic mass is 16.8. The molecule has 0 aromatic heterocycles. The highest BCUT2D eigenvalue weighted by molar-refractivity contribution is 5.00. The molecule has 69 heavy (non-hydrogen) atoms. The van der Waals surface area contributed by atoms with Gasteiger partial charge < -0.3 is 149 Å². The Kier molecular flexibility index (Phi) is 20.4. The lowest BCUT2D eigenvalue weighted by molar-refractivity contribution is -0.392.